The molecule has 1 fully saturated rings. The van der Waals surface area contributed by atoms with Crippen molar-refractivity contribution >= 4 is 11.3 Å². The second-order valence-corrected chi connectivity index (χ2v) is 6.69. The van der Waals surface area contributed by atoms with Crippen molar-refractivity contribution < 1.29 is 0 Å². The fourth-order valence-corrected chi connectivity index (χ4v) is 3.49. The van der Waals surface area contributed by atoms with E-state index in [1.807, 2.05) is 6.92 Å². The van der Waals surface area contributed by atoms with E-state index in [2.05, 4.69) is 39.1 Å². The molecule has 2 aromatic heterocycles. The molecule has 6 heteroatoms. The van der Waals surface area contributed by atoms with Gasteiger partial charge in [-0.1, -0.05) is 12.8 Å². The van der Waals surface area contributed by atoms with Crippen LogP contribution < -0.4 is 4.90 Å². The minimum atomic E-state index is 0.852. The largest absolute Gasteiger partial charge is 0.371 e. The molecular weight excluding hydrogens is 288 g/mol. The molecule has 1 saturated heterocycles. The first-order chi connectivity index (χ1) is 11.2. The summed E-state index contributed by atoms with van der Waals surface area (Å²) in [6.45, 7) is 8.93. The van der Waals surface area contributed by atoms with Gasteiger partial charge in [0.25, 0.3) is 0 Å². The van der Waals surface area contributed by atoms with Crippen LogP contribution >= 0.6 is 0 Å². The van der Waals surface area contributed by atoms with Crippen LogP contribution in [0.25, 0.3) is 5.65 Å². The zero-order valence-corrected chi connectivity index (χ0v) is 14.6. The number of hydrogen-bond donors (Lipinski definition) is 0. The summed E-state index contributed by atoms with van der Waals surface area (Å²) in [6, 6.07) is 0. The number of rotatable bonds is 5. The molecule has 0 aliphatic carbocycles. The van der Waals surface area contributed by atoms with E-state index >= 15 is 0 Å². The highest BCUT2D eigenvalue weighted by Gasteiger charge is 2.16. The van der Waals surface area contributed by atoms with Crippen LogP contribution in [-0.4, -0.2) is 57.9 Å². The Labute approximate surface area is 138 Å². The van der Waals surface area contributed by atoms with Gasteiger partial charge in [0, 0.05) is 13.6 Å². The van der Waals surface area contributed by atoms with Crippen LogP contribution in [0.3, 0.4) is 0 Å². The maximum atomic E-state index is 4.50. The Hall–Kier alpha value is -1.69. The number of fused-ring (bicyclic) bond motifs is 1. The summed E-state index contributed by atoms with van der Waals surface area (Å²) in [6.07, 6.45) is 8.37. The van der Waals surface area contributed by atoms with E-state index in [4.69, 9.17) is 0 Å². The third-order valence-corrected chi connectivity index (χ3v) is 4.95. The van der Waals surface area contributed by atoms with E-state index in [0.29, 0.717) is 0 Å². The second kappa shape index (κ2) is 7.25. The second-order valence-electron chi connectivity index (χ2n) is 6.69. The van der Waals surface area contributed by atoms with Crippen LogP contribution in [0.1, 0.15) is 43.4 Å². The van der Waals surface area contributed by atoms with Gasteiger partial charge in [0.2, 0.25) is 5.65 Å². The van der Waals surface area contributed by atoms with Gasteiger partial charge in [-0.2, -0.15) is 9.61 Å². The number of nitrogens with zero attached hydrogens (tertiary/aromatic N) is 6. The summed E-state index contributed by atoms with van der Waals surface area (Å²) in [5, 5.41) is 12.8. The zero-order valence-electron chi connectivity index (χ0n) is 14.6. The summed E-state index contributed by atoms with van der Waals surface area (Å²) in [5.41, 5.74) is 4.24. The lowest BCUT2D eigenvalue weighted by atomic mass is 10.2. The lowest BCUT2D eigenvalue weighted by Gasteiger charge is -2.25. The fraction of sp³-hybridized carbons (Fsp3) is 0.706. The summed E-state index contributed by atoms with van der Waals surface area (Å²) in [7, 11) is 2.15. The predicted molar refractivity (Wildman–Crippen MR) is 93.1 cm³/mol. The first kappa shape index (κ1) is 16.2. The van der Waals surface area contributed by atoms with Gasteiger partial charge in [-0.25, -0.2) is 0 Å². The van der Waals surface area contributed by atoms with Gasteiger partial charge >= 0.3 is 0 Å². The van der Waals surface area contributed by atoms with Crippen LogP contribution in [0, 0.1) is 13.8 Å². The van der Waals surface area contributed by atoms with Gasteiger partial charge in [0.15, 0.2) is 0 Å². The molecule has 2 aromatic rings. The molecule has 1 aliphatic rings. The van der Waals surface area contributed by atoms with E-state index < -0.39 is 0 Å². The van der Waals surface area contributed by atoms with Crippen LogP contribution in [0.2, 0.25) is 0 Å². The first-order valence-electron chi connectivity index (χ1n) is 8.77. The zero-order chi connectivity index (χ0) is 16.2. The van der Waals surface area contributed by atoms with Crippen molar-refractivity contribution in [1.82, 2.24) is 24.7 Å². The average Bonchev–Trinajstić information content (AvgIpc) is 2.82. The molecule has 0 aromatic carbocycles. The van der Waals surface area contributed by atoms with Crippen LogP contribution in [0.4, 0.5) is 5.69 Å². The minimum absolute atomic E-state index is 0.852. The van der Waals surface area contributed by atoms with Gasteiger partial charge in [-0.3, -0.25) is 0 Å². The molecule has 0 atom stereocenters. The number of aromatic nitrogens is 4. The van der Waals surface area contributed by atoms with Gasteiger partial charge in [0.05, 0.1) is 11.4 Å². The Morgan fingerprint density at radius 3 is 2.61 bits per heavy atom. The maximum absolute atomic E-state index is 4.50. The Morgan fingerprint density at radius 1 is 1.13 bits per heavy atom. The molecule has 6 nitrogen and oxygen atoms in total. The topological polar surface area (TPSA) is 49.6 Å². The highest BCUT2D eigenvalue weighted by molar-refractivity contribution is 5.72. The molecule has 1 aliphatic heterocycles. The minimum Gasteiger partial charge on any atom is -0.371 e. The number of aryl methyl sites for hydroxylation is 1. The van der Waals surface area contributed by atoms with Crippen molar-refractivity contribution in [3.63, 3.8) is 0 Å². The first-order valence-corrected chi connectivity index (χ1v) is 8.77. The summed E-state index contributed by atoms with van der Waals surface area (Å²) >= 11 is 0. The third kappa shape index (κ3) is 3.63. The predicted octanol–water partition coefficient (Wildman–Crippen LogP) is 2.44. The van der Waals surface area contributed by atoms with Crippen molar-refractivity contribution in [2.45, 2.75) is 46.0 Å². The summed E-state index contributed by atoms with van der Waals surface area (Å²) < 4.78 is 1.78. The lowest BCUT2D eigenvalue weighted by Crippen LogP contribution is -2.29. The molecule has 3 rings (SSSR count). The van der Waals surface area contributed by atoms with E-state index in [0.717, 1.165) is 23.6 Å². The highest BCUT2D eigenvalue weighted by Crippen LogP contribution is 2.25. The van der Waals surface area contributed by atoms with E-state index in [1.165, 1.54) is 57.3 Å². The summed E-state index contributed by atoms with van der Waals surface area (Å²) in [5.74, 6) is 0. The van der Waals surface area contributed by atoms with Gasteiger partial charge < -0.3 is 9.80 Å². The number of likely N-dealkylation sites (tertiary alicyclic amines) is 1. The lowest BCUT2D eigenvalue weighted by molar-refractivity contribution is 0.283. The quantitative estimate of drug-likeness (QED) is 0.848. The van der Waals surface area contributed by atoms with E-state index in [9.17, 15) is 0 Å². The van der Waals surface area contributed by atoms with E-state index in [-0.39, 0.29) is 0 Å². The van der Waals surface area contributed by atoms with E-state index in [1.54, 1.807) is 10.8 Å². The monoisotopic (exact) mass is 316 g/mol. The maximum Gasteiger partial charge on any atom is 0.201 e. The normalized spacial score (nSPS) is 16.7. The molecule has 126 valence electrons. The molecule has 0 unspecified atom stereocenters. The van der Waals surface area contributed by atoms with Gasteiger partial charge in [-0.15, -0.1) is 10.2 Å². The van der Waals surface area contributed by atoms with Crippen molar-refractivity contribution in [2.24, 2.45) is 0 Å². The molecule has 0 bridgehead atoms. The molecular formula is C17H28N6. The molecule has 0 radical (unpaired) electrons. The third-order valence-electron chi connectivity index (χ3n) is 4.95. The molecule has 0 amide bonds. The average molecular weight is 316 g/mol. The SMILES string of the molecule is Cc1nn2cnnc2c(N(C)CCCN2CCCCCC2)c1C. The van der Waals surface area contributed by atoms with Crippen LogP contribution in [0.15, 0.2) is 6.33 Å². The molecule has 0 N–H and O–H groups in total. The Morgan fingerprint density at radius 2 is 1.87 bits per heavy atom. The molecule has 23 heavy (non-hydrogen) atoms. The highest BCUT2D eigenvalue weighted by atomic mass is 15.4. The number of hydrogen-bond acceptors (Lipinski definition) is 5. The fourth-order valence-electron chi connectivity index (χ4n) is 3.49. The summed E-state index contributed by atoms with van der Waals surface area (Å²) in [4.78, 5) is 4.93. The van der Waals surface area contributed by atoms with Crippen molar-refractivity contribution in [3.05, 3.63) is 17.6 Å². The van der Waals surface area contributed by atoms with Gasteiger partial charge in [0.1, 0.15) is 6.33 Å². The standard InChI is InChI=1S/C17H28N6/c1-14-15(2)20-23-13-18-19-17(23)16(14)21(3)9-8-12-22-10-6-4-5-7-11-22/h13H,4-12H2,1-3H3. The van der Waals surface area contributed by atoms with Crippen LogP contribution in [-0.2, 0) is 0 Å². The Bertz CT molecular complexity index is 642. The van der Waals surface area contributed by atoms with Crippen molar-refractivity contribution in [1.29, 1.82) is 0 Å². The molecule has 0 saturated carbocycles. The molecule has 3 heterocycles. The molecule has 0 spiro atoms. The Kier molecular flexibility index (Phi) is 5.10. The van der Waals surface area contributed by atoms with Crippen LogP contribution in [0.5, 0.6) is 0 Å². The smallest absolute Gasteiger partial charge is 0.201 e. The van der Waals surface area contributed by atoms with Gasteiger partial charge in [-0.05, 0) is 58.3 Å². The Balaban J connectivity index is 1.65. The van der Waals surface area contributed by atoms with Crippen molar-refractivity contribution in [3.8, 4) is 0 Å². The van der Waals surface area contributed by atoms with Crippen molar-refractivity contribution in [2.75, 3.05) is 38.1 Å². The number of anilines is 1.